The van der Waals surface area contributed by atoms with Gasteiger partial charge in [0.25, 0.3) is 17.7 Å². The molecule has 1 saturated heterocycles. The fourth-order valence-electron chi connectivity index (χ4n) is 8.86. The highest BCUT2D eigenvalue weighted by atomic mass is 16.5. The van der Waals surface area contributed by atoms with Crippen LogP contribution in [-0.4, -0.2) is 102 Å². The first-order valence-corrected chi connectivity index (χ1v) is 21.6. The van der Waals surface area contributed by atoms with E-state index in [1.54, 1.807) is 49.4 Å². The maximum absolute atomic E-state index is 13.1. The van der Waals surface area contributed by atoms with Crippen LogP contribution in [0.25, 0.3) is 0 Å². The van der Waals surface area contributed by atoms with Gasteiger partial charge in [0.2, 0.25) is 17.7 Å². The molecule has 62 heavy (non-hydrogen) atoms. The molecule has 1 aliphatic carbocycles. The molecule has 17 nitrogen and oxygen atoms in total. The number of methoxy groups -OCH3 is 1. The Kier molecular flexibility index (Phi) is 13.9. The van der Waals surface area contributed by atoms with Crippen molar-refractivity contribution >= 4 is 58.5 Å². The van der Waals surface area contributed by atoms with Crippen molar-refractivity contribution in [1.82, 2.24) is 25.8 Å². The van der Waals surface area contributed by atoms with Crippen LogP contribution in [-0.2, 0) is 19.2 Å². The summed E-state index contributed by atoms with van der Waals surface area (Å²) in [6.45, 7) is 2.64. The van der Waals surface area contributed by atoms with Gasteiger partial charge in [0.1, 0.15) is 29.4 Å². The van der Waals surface area contributed by atoms with Crippen molar-refractivity contribution in [1.29, 1.82) is 0 Å². The number of hydrogen-bond acceptors (Lipinski definition) is 12. The van der Waals surface area contributed by atoms with Gasteiger partial charge in [-0.1, -0.05) is 44.6 Å². The summed E-state index contributed by atoms with van der Waals surface area (Å²) in [5.41, 5.74) is 2.30. The van der Waals surface area contributed by atoms with Crippen molar-refractivity contribution in [3.8, 4) is 11.5 Å². The Bertz CT molecular complexity index is 2190. The molecule has 5 N–H and O–H groups in total. The lowest BCUT2D eigenvalue weighted by Crippen LogP contribution is -2.54. The van der Waals surface area contributed by atoms with Crippen LogP contribution in [0.15, 0.2) is 48.5 Å². The number of nitrogens with zero attached hydrogens (tertiary/aromatic N) is 4. The Hall–Kier alpha value is -6.23. The Morgan fingerprint density at radius 2 is 1.61 bits per heavy atom. The zero-order valence-electron chi connectivity index (χ0n) is 35.5. The summed E-state index contributed by atoms with van der Waals surface area (Å²) in [6, 6.07) is 12.7. The molecule has 0 bridgehead atoms. The summed E-state index contributed by atoms with van der Waals surface area (Å²) in [4.78, 5) is 85.6. The lowest BCUT2D eigenvalue weighted by Gasteiger charge is -2.42. The summed E-state index contributed by atoms with van der Waals surface area (Å²) in [6.07, 6.45) is 8.50. The number of imide groups is 1. The van der Waals surface area contributed by atoms with Gasteiger partial charge in [-0.25, -0.2) is 4.98 Å². The minimum absolute atomic E-state index is 0.0561. The highest BCUT2D eigenvalue weighted by Gasteiger charge is 2.46. The number of rotatable bonds is 18. The van der Waals surface area contributed by atoms with Crippen molar-refractivity contribution < 1.29 is 43.3 Å². The molecule has 2 unspecified atom stereocenters. The molecule has 7 rings (SSSR count). The number of benzene rings is 2. The number of unbranched alkanes of at least 4 members (excludes halogenated alkanes) is 5. The lowest BCUT2D eigenvalue weighted by atomic mass is 10.0. The molecule has 0 radical (unpaired) electrons. The average molecular weight is 853 g/mol. The summed E-state index contributed by atoms with van der Waals surface area (Å²) in [5, 5.41) is 22.4. The van der Waals surface area contributed by atoms with Gasteiger partial charge < -0.3 is 40.3 Å². The largest absolute Gasteiger partial charge is 0.495 e. The molecule has 4 aliphatic rings. The number of aromatic nitrogens is 1. The number of carbonyl (C=O) groups is 6. The number of carbonyl (C=O) groups excluding carboxylic acids is 6. The predicted molar refractivity (Wildman–Crippen MR) is 230 cm³/mol. The van der Waals surface area contributed by atoms with E-state index in [0.29, 0.717) is 35.9 Å². The number of piperidine rings is 1. The van der Waals surface area contributed by atoms with Gasteiger partial charge in [0.05, 0.1) is 29.6 Å². The van der Waals surface area contributed by atoms with E-state index >= 15 is 0 Å². The van der Waals surface area contributed by atoms with Gasteiger partial charge >= 0.3 is 0 Å². The summed E-state index contributed by atoms with van der Waals surface area (Å²) >= 11 is 0. The second kappa shape index (κ2) is 19.6. The number of amides is 6. The molecule has 3 atom stereocenters. The number of aliphatic hydroxyl groups excluding tert-OH is 1. The third kappa shape index (κ3) is 9.47. The minimum atomic E-state index is -1.46. The van der Waals surface area contributed by atoms with Crippen LogP contribution in [0.1, 0.15) is 116 Å². The first-order chi connectivity index (χ1) is 30.0. The zero-order chi connectivity index (χ0) is 43.9. The third-order valence-electron chi connectivity index (χ3n) is 12.2. The van der Waals surface area contributed by atoms with Gasteiger partial charge in [-0.2, -0.15) is 0 Å². The van der Waals surface area contributed by atoms with Crippen LogP contribution < -0.4 is 40.5 Å². The van der Waals surface area contributed by atoms with Crippen LogP contribution in [0.2, 0.25) is 0 Å². The van der Waals surface area contributed by atoms with Crippen LogP contribution >= 0.6 is 0 Å². The van der Waals surface area contributed by atoms with E-state index in [1.165, 1.54) is 6.07 Å². The van der Waals surface area contributed by atoms with Gasteiger partial charge in [0.15, 0.2) is 18.7 Å². The molecule has 4 heterocycles. The Labute approximate surface area is 360 Å². The van der Waals surface area contributed by atoms with Crippen molar-refractivity contribution in [2.24, 2.45) is 0 Å². The average Bonchev–Trinajstić information content (AvgIpc) is 3.89. The first kappa shape index (κ1) is 43.8. The number of aliphatic hydroxyl groups is 1. The van der Waals surface area contributed by atoms with Crippen LogP contribution in [0.3, 0.4) is 0 Å². The van der Waals surface area contributed by atoms with Crippen molar-refractivity contribution in [2.75, 3.05) is 49.0 Å². The molecule has 1 aromatic heterocycles. The number of hydrogen-bond donors (Lipinski definition) is 5. The van der Waals surface area contributed by atoms with E-state index in [2.05, 4.69) is 26.2 Å². The topological polar surface area (TPSA) is 212 Å². The van der Waals surface area contributed by atoms with Crippen molar-refractivity contribution in [3.05, 3.63) is 65.2 Å². The summed E-state index contributed by atoms with van der Waals surface area (Å²) in [5.74, 6) is -0.00349. The highest BCUT2D eigenvalue weighted by Crippen LogP contribution is 2.42. The Morgan fingerprint density at radius 3 is 2.34 bits per heavy atom. The third-order valence-corrected chi connectivity index (χ3v) is 12.2. The molecule has 0 spiro atoms. The van der Waals surface area contributed by atoms with E-state index < -0.39 is 30.0 Å². The fourth-order valence-corrected chi connectivity index (χ4v) is 8.86. The SMILES string of the molecule is COc1cc(C(=O)NCCCCCCCCNC(=O)COc2cccc3c2C(O)N(C2CCC(=O)NC2=O)C3=O)ccc1Nc1ccc2c(n1)N(C1CCCC1)[C@H](C)C(=O)N2C. The fraction of sp³-hybridized carbons (Fsp3) is 0.489. The van der Waals surface area contributed by atoms with Crippen molar-refractivity contribution in [2.45, 2.75) is 108 Å². The maximum atomic E-state index is 13.1. The highest BCUT2D eigenvalue weighted by molar-refractivity contribution is 6.06. The first-order valence-electron chi connectivity index (χ1n) is 21.6. The van der Waals surface area contributed by atoms with Crippen molar-refractivity contribution in [3.63, 3.8) is 0 Å². The summed E-state index contributed by atoms with van der Waals surface area (Å²) in [7, 11) is 3.35. The minimum Gasteiger partial charge on any atom is -0.495 e. The van der Waals surface area contributed by atoms with Gasteiger partial charge in [-0.05, 0) is 81.5 Å². The van der Waals surface area contributed by atoms with Gasteiger partial charge in [-0.3, -0.25) is 39.0 Å². The number of fused-ring (bicyclic) bond motifs is 2. The number of pyridine rings is 1. The predicted octanol–water partition coefficient (Wildman–Crippen LogP) is 4.47. The van der Waals surface area contributed by atoms with E-state index in [-0.39, 0.29) is 66.1 Å². The smallest absolute Gasteiger partial charge is 0.257 e. The number of anilines is 4. The van der Waals surface area contributed by atoms with Gasteiger partial charge in [-0.15, -0.1) is 0 Å². The maximum Gasteiger partial charge on any atom is 0.257 e. The molecule has 6 amide bonds. The monoisotopic (exact) mass is 852 g/mol. The second-order valence-electron chi connectivity index (χ2n) is 16.3. The molecule has 1 saturated carbocycles. The van der Waals surface area contributed by atoms with Gasteiger partial charge in [0, 0.05) is 38.2 Å². The van der Waals surface area contributed by atoms with Crippen LogP contribution in [0, 0.1) is 0 Å². The summed E-state index contributed by atoms with van der Waals surface area (Å²) < 4.78 is 11.4. The Balaban J connectivity index is 0.785. The molecule has 2 fully saturated rings. The normalized spacial score (nSPS) is 19.9. The molecule has 3 aliphatic heterocycles. The molecular weight excluding hydrogens is 797 g/mol. The van der Waals surface area contributed by atoms with E-state index in [0.717, 1.165) is 80.6 Å². The van der Waals surface area contributed by atoms with E-state index in [9.17, 15) is 33.9 Å². The Morgan fingerprint density at radius 1 is 0.887 bits per heavy atom. The molecular formula is C45H56N8O9. The van der Waals surface area contributed by atoms with Crippen LogP contribution in [0.4, 0.5) is 23.0 Å². The standard InChI is InChI=1S/C45H56N8O9/c1-27-43(58)51(2)32-19-21-36(49-40(32)52(27)29-13-8-9-14-29)48-31-18-17-28(25-35(31)61-3)41(56)47-24-11-7-5-4-6-10-23-46-38(55)26-62-34-16-12-15-30-39(34)45(60)53(44(30)59)33-20-22-37(54)50-42(33)57/h12,15-19,21,25,27,29,33,45,60H,4-11,13-14,20,22-24,26H2,1-3H3,(H,46,55)(H,47,56)(H,48,49)(H,50,54,57)/t27-,33?,45?/m1/s1. The lowest BCUT2D eigenvalue weighted by molar-refractivity contribution is -0.139. The molecule has 330 valence electrons. The molecule has 3 aromatic rings. The number of likely N-dealkylation sites (N-methyl/N-ethyl adjacent to an activating group) is 1. The van der Waals surface area contributed by atoms with E-state index in [1.807, 2.05) is 19.1 Å². The van der Waals surface area contributed by atoms with Crippen LogP contribution in [0.5, 0.6) is 11.5 Å². The molecule has 17 heteroatoms. The quantitative estimate of drug-likeness (QED) is 0.0887. The zero-order valence-corrected chi connectivity index (χ0v) is 35.5. The molecule has 2 aromatic carbocycles. The van der Waals surface area contributed by atoms with E-state index in [4.69, 9.17) is 14.5 Å². The second-order valence-corrected chi connectivity index (χ2v) is 16.3. The number of nitrogens with one attached hydrogen (secondary N) is 4. The number of ether oxygens (including phenoxy) is 2.